The first-order valence-corrected chi connectivity index (χ1v) is 9.92. The molecule has 0 fully saturated rings. The van der Waals surface area contributed by atoms with Crippen molar-refractivity contribution in [3.8, 4) is 0 Å². The number of nitrogens with one attached hydrogen (secondary N) is 1. The third-order valence-electron chi connectivity index (χ3n) is 3.88. The van der Waals surface area contributed by atoms with Crippen molar-refractivity contribution in [2.45, 2.75) is 6.92 Å². The van der Waals surface area contributed by atoms with Crippen LogP contribution in [0.2, 0.25) is 0 Å². The number of nitrogens with zero attached hydrogens (tertiary/aromatic N) is 2. The maximum absolute atomic E-state index is 12.8. The van der Waals surface area contributed by atoms with Crippen LogP contribution < -0.4 is 9.80 Å². The summed E-state index contributed by atoms with van der Waals surface area (Å²) in [4.78, 5) is 21.7. The van der Waals surface area contributed by atoms with Crippen molar-refractivity contribution in [3.63, 3.8) is 0 Å². The molecule has 2 heterocycles. The fourth-order valence-electron chi connectivity index (χ4n) is 2.45. The second kappa shape index (κ2) is 7.91. The molecule has 4 nitrogen and oxygen atoms in total. The minimum Gasteiger partial charge on any atom is -0.338 e. The van der Waals surface area contributed by atoms with Gasteiger partial charge < -0.3 is 4.90 Å². The van der Waals surface area contributed by atoms with Gasteiger partial charge in [0.15, 0.2) is 5.13 Å². The minimum atomic E-state index is -0.0219. The summed E-state index contributed by atoms with van der Waals surface area (Å²) in [6, 6.07) is 10.1. The van der Waals surface area contributed by atoms with E-state index >= 15 is 0 Å². The number of hydrogen-bond donors (Lipinski definition) is 1. The monoisotopic (exact) mass is 372 g/mol. The first-order valence-electron chi connectivity index (χ1n) is 8.23. The number of hydrogen-bond acceptors (Lipinski definition) is 4. The number of aryl methyl sites for hydroxylation is 1. The molecule has 1 N–H and O–H groups in total. The molecule has 0 bridgehead atoms. The summed E-state index contributed by atoms with van der Waals surface area (Å²) in [7, 11) is 4.18. The maximum atomic E-state index is 12.8. The van der Waals surface area contributed by atoms with Gasteiger partial charge in [-0.1, -0.05) is 29.5 Å². The quantitative estimate of drug-likeness (QED) is 0.676. The second-order valence-electron chi connectivity index (χ2n) is 6.21. The molecule has 6 heteroatoms. The first kappa shape index (κ1) is 17.8. The molecular weight excluding hydrogens is 350 g/mol. The van der Waals surface area contributed by atoms with Crippen LogP contribution in [0.5, 0.6) is 0 Å². The van der Waals surface area contributed by atoms with Gasteiger partial charge in [-0.05, 0) is 36.1 Å². The van der Waals surface area contributed by atoms with E-state index in [9.17, 15) is 4.79 Å². The van der Waals surface area contributed by atoms with E-state index in [1.54, 1.807) is 33.6 Å². The van der Waals surface area contributed by atoms with Crippen LogP contribution in [0.4, 0.5) is 5.13 Å². The zero-order valence-electron chi connectivity index (χ0n) is 14.7. The van der Waals surface area contributed by atoms with Crippen molar-refractivity contribution in [1.82, 2.24) is 4.98 Å². The van der Waals surface area contributed by atoms with Crippen LogP contribution in [-0.2, 0) is 4.79 Å². The molecule has 0 aliphatic carbocycles. The average Bonchev–Trinajstić information content (AvgIpc) is 3.22. The molecule has 25 heavy (non-hydrogen) atoms. The highest BCUT2D eigenvalue weighted by Crippen LogP contribution is 2.30. The fraction of sp³-hybridized carbons (Fsp3) is 0.263. The molecule has 0 saturated heterocycles. The smallest absolute Gasteiger partial charge is 0.253 e. The molecule has 0 unspecified atom stereocenters. The Kier molecular flexibility index (Phi) is 5.63. The predicted molar refractivity (Wildman–Crippen MR) is 108 cm³/mol. The van der Waals surface area contributed by atoms with Gasteiger partial charge in [0, 0.05) is 11.0 Å². The largest absolute Gasteiger partial charge is 0.338 e. The van der Waals surface area contributed by atoms with E-state index in [-0.39, 0.29) is 5.91 Å². The number of aromatic nitrogens is 1. The van der Waals surface area contributed by atoms with E-state index < -0.39 is 0 Å². The summed E-state index contributed by atoms with van der Waals surface area (Å²) < 4.78 is 1.12. The van der Waals surface area contributed by atoms with Crippen molar-refractivity contribution < 1.29 is 9.69 Å². The number of carbonyl (C=O) groups is 1. The van der Waals surface area contributed by atoms with Gasteiger partial charge in [0.25, 0.3) is 5.91 Å². The Balaban J connectivity index is 1.89. The highest BCUT2D eigenvalue weighted by atomic mass is 32.1. The van der Waals surface area contributed by atoms with Gasteiger partial charge in [-0.15, -0.1) is 11.3 Å². The van der Waals surface area contributed by atoms with Gasteiger partial charge >= 0.3 is 0 Å². The number of amides is 1. The van der Waals surface area contributed by atoms with E-state index in [4.69, 9.17) is 4.98 Å². The van der Waals surface area contributed by atoms with Gasteiger partial charge in [0.2, 0.25) is 0 Å². The number of anilines is 1. The van der Waals surface area contributed by atoms with Crippen molar-refractivity contribution >= 4 is 50.0 Å². The van der Waals surface area contributed by atoms with Gasteiger partial charge in [0.05, 0.1) is 37.4 Å². The Morgan fingerprint density at radius 1 is 1.28 bits per heavy atom. The maximum Gasteiger partial charge on any atom is 0.253 e. The van der Waals surface area contributed by atoms with Gasteiger partial charge in [-0.3, -0.25) is 9.69 Å². The SMILES string of the molecule is Cc1cccc2sc(N(CC[NH+](C)C)C(=O)/C=C/c3cccs3)nc12. The lowest BCUT2D eigenvalue weighted by molar-refractivity contribution is -0.856. The van der Waals surface area contributed by atoms with Crippen LogP contribution in [0.3, 0.4) is 0 Å². The summed E-state index contributed by atoms with van der Waals surface area (Å²) in [6.07, 6.45) is 3.52. The number of quaternary nitrogens is 1. The van der Waals surface area contributed by atoms with Crippen LogP contribution in [0.15, 0.2) is 41.8 Å². The lowest BCUT2D eigenvalue weighted by Gasteiger charge is -2.19. The van der Waals surface area contributed by atoms with E-state index in [1.807, 2.05) is 29.7 Å². The van der Waals surface area contributed by atoms with Gasteiger partial charge in [-0.25, -0.2) is 4.98 Å². The number of para-hydroxylation sites is 1. The Labute approximate surface area is 156 Å². The molecule has 2 aromatic heterocycles. The predicted octanol–water partition coefficient (Wildman–Crippen LogP) is 2.86. The van der Waals surface area contributed by atoms with E-state index in [2.05, 4.69) is 33.2 Å². The lowest BCUT2D eigenvalue weighted by atomic mass is 10.2. The Bertz CT molecular complexity index is 881. The van der Waals surface area contributed by atoms with Crippen LogP contribution in [0.25, 0.3) is 16.3 Å². The van der Waals surface area contributed by atoms with Crippen molar-refractivity contribution in [1.29, 1.82) is 0 Å². The third kappa shape index (κ3) is 4.34. The molecule has 0 saturated carbocycles. The zero-order valence-corrected chi connectivity index (χ0v) is 16.3. The van der Waals surface area contributed by atoms with Crippen LogP contribution in [0, 0.1) is 6.92 Å². The summed E-state index contributed by atoms with van der Waals surface area (Å²) in [5.41, 5.74) is 2.12. The molecule has 0 atom stereocenters. The highest BCUT2D eigenvalue weighted by molar-refractivity contribution is 7.22. The second-order valence-corrected chi connectivity index (χ2v) is 8.20. The Hall–Kier alpha value is -2.02. The van der Waals surface area contributed by atoms with Crippen LogP contribution in [-0.4, -0.2) is 38.1 Å². The summed E-state index contributed by atoms with van der Waals surface area (Å²) in [5.74, 6) is -0.0219. The average molecular weight is 373 g/mol. The van der Waals surface area contributed by atoms with E-state index in [1.165, 1.54) is 4.90 Å². The summed E-state index contributed by atoms with van der Waals surface area (Å²) in [6.45, 7) is 3.57. The number of fused-ring (bicyclic) bond motifs is 1. The number of carbonyl (C=O) groups excluding carboxylic acids is 1. The van der Waals surface area contributed by atoms with Crippen molar-refractivity contribution in [2.24, 2.45) is 0 Å². The standard InChI is InChI=1S/C19H21N3OS2/c1-14-6-4-8-16-18(14)20-19(25-16)22(12-11-21(2)3)17(23)10-9-15-7-5-13-24-15/h4-10,13H,11-12H2,1-3H3/p+1/b10-9+. The Morgan fingerprint density at radius 2 is 2.12 bits per heavy atom. The van der Waals surface area contributed by atoms with Crippen molar-refractivity contribution in [3.05, 3.63) is 52.2 Å². The van der Waals surface area contributed by atoms with E-state index in [0.29, 0.717) is 6.54 Å². The summed E-state index contributed by atoms with van der Waals surface area (Å²) in [5, 5.41) is 2.78. The summed E-state index contributed by atoms with van der Waals surface area (Å²) >= 11 is 3.20. The molecule has 130 valence electrons. The number of likely N-dealkylation sites (N-methyl/N-ethyl adjacent to an activating group) is 1. The molecule has 1 aromatic carbocycles. The number of thiophene rings is 1. The number of rotatable bonds is 6. The fourth-order valence-corrected chi connectivity index (χ4v) is 4.15. The van der Waals surface area contributed by atoms with Crippen molar-refractivity contribution in [2.75, 3.05) is 32.1 Å². The molecule has 0 aliphatic rings. The number of thiazole rings is 1. The lowest BCUT2D eigenvalue weighted by Crippen LogP contribution is -3.06. The molecule has 0 spiro atoms. The first-order chi connectivity index (χ1) is 12.0. The molecular formula is C19H22N3OS2+. The topological polar surface area (TPSA) is 37.6 Å². The highest BCUT2D eigenvalue weighted by Gasteiger charge is 2.19. The van der Waals surface area contributed by atoms with Crippen LogP contribution in [0.1, 0.15) is 10.4 Å². The van der Waals surface area contributed by atoms with Gasteiger partial charge in [-0.2, -0.15) is 0 Å². The van der Waals surface area contributed by atoms with Gasteiger partial charge in [0.1, 0.15) is 0 Å². The van der Waals surface area contributed by atoms with Crippen LogP contribution >= 0.6 is 22.7 Å². The molecule has 0 aliphatic heterocycles. The number of benzene rings is 1. The van der Waals surface area contributed by atoms with E-state index in [0.717, 1.165) is 32.3 Å². The molecule has 1 amide bonds. The minimum absolute atomic E-state index is 0.0219. The Morgan fingerprint density at radius 3 is 2.80 bits per heavy atom. The molecule has 3 rings (SSSR count). The molecule has 0 radical (unpaired) electrons. The molecule has 3 aromatic rings. The zero-order chi connectivity index (χ0) is 17.8. The normalized spacial score (nSPS) is 11.7. The third-order valence-corrected chi connectivity index (χ3v) is 5.76.